The lowest BCUT2D eigenvalue weighted by molar-refractivity contribution is -0.325. The number of hydrogen-bond acceptors (Lipinski definition) is 24. The SMILES string of the molecule is CCC(CCCCCCC(CC)c1ccc(O)c(-c2cc(CCNC(=O)C3OC(OC4C(O)C(CO)OC(C)C4NC(C)=O)C(O)C(O)C3OI)ccc2O)c1)c1ccc(O)c(-c2cc(CCNC(=O)C3OC(OC4C(O)C(CO)OC(C)C4NC(C)=O)C(O)C(O)C3OC)ccc2O)c1. The van der Waals surface area contributed by atoms with Crippen molar-refractivity contribution < 1.29 is 117 Å². The highest BCUT2D eigenvalue weighted by Gasteiger charge is 2.55. The van der Waals surface area contributed by atoms with E-state index >= 15 is 0 Å². The Labute approximate surface area is 595 Å². The Morgan fingerprint density at radius 1 is 0.500 bits per heavy atom. The average Bonchev–Trinajstić information content (AvgIpc) is 0.781. The first-order valence-electron chi connectivity index (χ1n) is 34.2. The fraction of sp³-hybridized carbons (Fsp3) is 0.606. The highest BCUT2D eigenvalue weighted by molar-refractivity contribution is 14.1. The third-order valence-electron chi connectivity index (χ3n) is 19.5. The van der Waals surface area contributed by atoms with Gasteiger partial charge in [-0.05, 0) is 135 Å². The Hall–Kier alpha value is -5.95. The summed E-state index contributed by atoms with van der Waals surface area (Å²) in [4.78, 5) is 51.8. The smallest absolute Gasteiger partial charge is 0.252 e. The second kappa shape index (κ2) is 37.0. The van der Waals surface area contributed by atoms with Crippen LogP contribution >= 0.6 is 23.0 Å². The molecule has 4 aliphatic rings. The molecule has 4 heterocycles. The normalized spacial score (nSPS) is 30.6. The van der Waals surface area contributed by atoms with Crippen molar-refractivity contribution in [1.29, 1.82) is 0 Å². The number of methoxy groups -OCH3 is 1. The summed E-state index contributed by atoms with van der Waals surface area (Å²) in [5.74, 6) is -2.28. The van der Waals surface area contributed by atoms with Crippen LogP contribution in [0.25, 0.3) is 22.3 Å². The molecule has 100 heavy (non-hydrogen) atoms. The molecule has 22 unspecified atom stereocenters. The van der Waals surface area contributed by atoms with Gasteiger partial charge in [0.25, 0.3) is 11.8 Å². The van der Waals surface area contributed by atoms with Crippen LogP contribution in [-0.4, -0.2) is 241 Å². The minimum atomic E-state index is -1.77. The number of ether oxygens (including phenoxy) is 7. The van der Waals surface area contributed by atoms with Crippen LogP contribution in [-0.2, 0) is 68.2 Å². The summed E-state index contributed by atoms with van der Waals surface area (Å²) in [6.45, 7) is 8.83. The molecule has 28 nitrogen and oxygen atoms in total. The molecule has 0 spiro atoms. The lowest BCUT2D eigenvalue weighted by Gasteiger charge is -2.47. The van der Waals surface area contributed by atoms with E-state index in [0.717, 1.165) is 62.5 Å². The standard InChI is InChI=1S/C71H99IN4O24/c1-8-40(42-18-22-50(83)46(30-42)44-28-38(16-20-48(44)81)24-26-73-68(91)66-64(93-7)58(87)60(89)70(98-66)96-62-54(75-36(5)79)34(3)94-52(32-77)56(62)85)14-12-10-11-13-15-41(9-2)43-19-23-51(84)47(31-43)45-29-39(17-21-49(45)82)25-27-74-69(92)67-65(100-72)59(88)61(90)71(99-67)97-63-55(76-37(6)80)35(4)95-53(33-78)57(63)86/h16-23,28-31,34-35,40-41,52-67,70-71,77-78,81-90H,8-15,24-27,32-33H2,1-7H3,(H,73,91)(H,74,92)(H,75,79)(H,76,80). The van der Waals surface area contributed by atoms with Gasteiger partial charge in [0, 0.05) is 56.3 Å². The number of unbranched alkanes of at least 4 members (excludes halogenated alkanes) is 3. The zero-order chi connectivity index (χ0) is 72.8. The van der Waals surface area contributed by atoms with Gasteiger partial charge in [-0.15, -0.1) is 0 Å². The summed E-state index contributed by atoms with van der Waals surface area (Å²) in [7, 11) is 1.23. The number of phenols is 4. The monoisotopic (exact) mass is 1520 g/mol. The largest absolute Gasteiger partial charge is 0.507 e. The van der Waals surface area contributed by atoms with Crippen LogP contribution in [0.5, 0.6) is 23.0 Å². The summed E-state index contributed by atoms with van der Waals surface area (Å²) in [6.07, 6.45) is -17.7. The van der Waals surface area contributed by atoms with E-state index in [-0.39, 0.29) is 60.8 Å². The molecule has 4 aromatic carbocycles. The maximum Gasteiger partial charge on any atom is 0.252 e. The summed E-state index contributed by atoms with van der Waals surface area (Å²) in [6, 6.07) is 18.8. The number of halogens is 1. The predicted molar refractivity (Wildman–Crippen MR) is 368 cm³/mol. The van der Waals surface area contributed by atoms with Crippen LogP contribution < -0.4 is 21.3 Å². The maximum absolute atomic E-state index is 13.8. The Morgan fingerprint density at radius 3 is 1.23 bits per heavy atom. The van der Waals surface area contributed by atoms with Crippen LogP contribution in [0.15, 0.2) is 72.8 Å². The van der Waals surface area contributed by atoms with Crippen molar-refractivity contribution in [2.45, 2.75) is 240 Å². The third-order valence-corrected chi connectivity index (χ3v) is 20.1. The topological polar surface area (TPSA) is 433 Å². The van der Waals surface area contributed by atoms with Crippen LogP contribution in [0.4, 0.5) is 0 Å². The lowest BCUT2D eigenvalue weighted by Crippen LogP contribution is -2.68. The van der Waals surface area contributed by atoms with Crippen molar-refractivity contribution in [3.8, 4) is 45.3 Å². The van der Waals surface area contributed by atoms with E-state index in [4.69, 9.17) is 36.2 Å². The second-order valence-electron chi connectivity index (χ2n) is 26.4. The van der Waals surface area contributed by atoms with Gasteiger partial charge < -0.3 is 119 Å². The van der Waals surface area contributed by atoms with E-state index in [0.29, 0.717) is 33.4 Å². The number of aliphatic hydroxyl groups is 8. The Bertz CT molecular complexity index is 3140. The first-order valence-corrected chi connectivity index (χ1v) is 35.1. The summed E-state index contributed by atoms with van der Waals surface area (Å²) >= 11 is 1.49. The fourth-order valence-corrected chi connectivity index (χ4v) is 14.5. The van der Waals surface area contributed by atoms with E-state index < -0.39 is 159 Å². The number of aliphatic hydroxyl groups excluding tert-OH is 8. The molecule has 0 saturated carbocycles. The number of benzene rings is 4. The van der Waals surface area contributed by atoms with Gasteiger partial charge in [-0.1, -0.05) is 63.8 Å². The molecule has 4 aromatic rings. The van der Waals surface area contributed by atoms with Crippen LogP contribution in [0.2, 0.25) is 0 Å². The fourth-order valence-electron chi connectivity index (χ4n) is 13.9. The van der Waals surface area contributed by atoms with E-state index in [2.05, 4.69) is 35.1 Å². The first-order chi connectivity index (χ1) is 47.8. The molecule has 0 radical (unpaired) electrons. The number of nitrogens with one attached hydrogen (secondary N) is 4. The summed E-state index contributed by atoms with van der Waals surface area (Å²) in [5.41, 5.74) is 5.04. The lowest BCUT2D eigenvalue weighted by atomic mass is 9.87. The zero-order valence-electron chi connectivity index (χ0n) is 57.2. The number of phenolic OH excluding ortho intramolecular Hbond substituents is 4. The van der Waals surface area contributed by atoms with Crippen molar-refractivity contribution >= 4 is 46.6 Å². The summed E-state index contributed by atoms with van der Waals surface area (Å²) < 4.78 is 46.0. The number of aromatic hydroxyl groups is 4. The Balaban J connectivity index is 0.821. The molecule has 29 heteroatoms. The molecule has 22 atom stereocenters. The predicted octanol–water partition coefficient (Wildman–Crippen LogP) is 2.89. The quantitative estimate of drug-likeness (QED) is 0.0254. The zero-order valence-corrected chi connectivity index (χ0v) is 59.3. The molecule has 4 amide bonds. The number of amides is 4. The van der Waals surface area contributed by atoms with Crippen molar-refractivity contribution in [3.63, 3.8) is 0 Å². The number of carbonyl (C=O) groups is 4. The van der Waals surface area contributed by atoms with Gasteiger partial charge in [0.05, 0.1) is 37.5 Å². The highest BCUT2D eigenvalue weighted by Crippen LogP contribution is 2.42. The molecule has 554 valence electrons. The number of hydrogen-bond donors (Lipinski definition) is 16. The van der Waals surface area contributed by atoms with Crippen molar-refractivity contribution in [2.75, 3.05) is 33.4 Å². The highest BCUT2D eigenvalue weighted by atomic mass is 127. The Morgan fingerprint density at radius 2 is 0.870 bits per heavy atom. The molecular weight excluding hydrogens is 1420 g/mol. The van der Waals surface area contributed by atoms with E-state index in [1.165, 1.54) is 56.1 Å². The van der Waals surface area contributed by atoms with Crippen molar-refractivity contribution in [1.82, 2.24) is 21.3 Å². The van der Waals surface area contributed by atoms with Gasteiger partial charge >= 0.3 is 0 Å². The second-order valence-corrected chi connectivity index (χ2v) is 26.9. The summed E-state index contributed by atoms with van der Waals surface area (Å²) in [5, 5.41) is 142. The number of carbonyl (C=O) groups excluding carboxylic acids is 4. The molecule has 4 fully saturated rings. The molecule has 16 N–H and O–H groups in total. The van der Waals surface area contributed by atoms with Gasteiger partial charge in [-0.3, -0.25) is 19.2 Å². The number of rotatable bonds is 31. The van der Waals surface area contributed by atoms with E-state index in [1.807, 2.05) is 24.3 Å². The molecular formula is C71H99IN4O24. The molecule has 4 aliphatic heterocycles. The van der Waals surface area contributed by atoms with Crippen LogP contribution in [0, 0.1) is 0 Å². The maximum atomic E-state index is 13.8. The van der Waals surface area contributed by atoms with Crippen molar-refractivity contribution in [2.24, 2.45) is 0 Å². The Kier molecular flexibility index (Phi) is 29.5. The van der Waals surface area contributed by atoms with Gasteiger partial charge in [-0.25, -0.2) is 0 Å². The molecule has 8 rings (SSSR count). The third kappa shape index (κ3) is 19.3. The van der Waals surface area contributed by atoms with Gasteiger partial charge in [0.15, 0.2) is 24.8 Å². The minimum Gasteiger partial charge on any atom is -0.507 e. The van der Waals surface area contributed by atoms with E-state index in [9.17, 15) is 80.5 Å². The molecule has 0 bridgehead atoms. The average molecular weight is 1520 g/mol. The molecule has 4 saturated heterocycles. The van der Waals surface area contributed by atoms with Crippen LogP contribution in [0.3, 0.4) is 0 Å². The van der Waals surface area contributed by atoms with Gasteiger partial charge in [0.2, 0.25) is 11.8 Å². The molecule has 0 aliphatic carbocycles. The van der Waals surface area contributed by atoms with Gasteiger partial charge in [-0.2, -0.15) is 0 Å². The van der Waals surface area contributed by atoms with E-state index in [1.54, 1.807) is 50.2 Å². The van der Waals surface area contributed by atoms with Crippen molar-refractivity contribution in [3.05, 3.63) is 95.1 Å². The molecule has 0 aromatic heterocycles. The van der Waals surface area contributed by atoms with Gasteiger partial charge in [0.1, 0.15) is 119 Å². The van der Waals surface area contributed by atoms with Crippen LogP contribution in [0.1, 0.15) is 127 Å². The first kappa shape index (κ1) is 79.7. The minimum absolute atomic E-state index is 0.0303.